The fraction of sp³-hybridized carbons (Fsp3) is 0.889. The van der Waals surface area contributed by atoms with E-state index in [9.17, 15) is 0 Å². The van der Waals surface area contributed by atoms with Crippen molar-refractivity contribution in [1.82, 2.24) is 10.2 Å². The van der Waals surface area contributed by atoms with E-state index in [4.69, 9.17) is 12.2 Å². The molecular formula is C9H18N2S. The molecule has 1 aliphatic heterocycles. The molecule has 1 aliphatic rings. The second kappa shape index (κ2) is 4.08. The summed E-state index contributed by atoms with van der Waals surface area (Å²) in [5.74, 6) is 0.803. The zero-order valence-electron chi connectivity index (χ0n) is 8.13. The van der Waals surface area contributed by atoms with E-state index in [0.717, 1.165) is 24.1 Å². The largest absolute Gasteiger partial charge is 0.360 e. The summed E-state index contributed by atoms with van der Waals surface area (Å²) in [5, 5.41) is 4.19. The monoisotopic (exact) mass is 186 g/mol. The van der Waals surface area contributed by atoms with Crippen molar-refractivity contribution in [3.63, 3.8) is 0 Å². The van der Waals surface area contributed by atoms with Gasteiger partial charge in [0, 0.05) is 19.1 Å². The third kappa shape index (κ3) is 2.63. The minimum atomic E-state index is 0.452. The molecule has 2 nitrogen and oxygen atoms in total. The van der Waals surface area contributed by atoms with Crippen LogP contribution in [0.1, 0.15) is 27.2 Å². The highest BCUT2D eigenvalue weighted by atomic mass is 32.1. The number of hydrogen-bond donors (Lipinski definition) is 1. The van der Waals surface area contributed by atoms with E-state index in [2.05, 4.69) is 31.0 Å². The maximum Gasteiger partial charge on any atom is 0.169 e. The molecule has 0 aliphatic carbocycles. The first kappa shape index (κ1) is 9.78. The SMILES string of the molecule is CC1CCN(C(=S)NC(C)C)C1. The van der Waals surface area contributed by atoms with Gasteiger partial charge in [0.1, 0.15) is 0 Å². The summed E-state index contributed by atoms with van der Waals surface area (Å²) in [7, 11) is 0. The Labute approximate surface area is 80.3 Å². The van der Waals surface area contributed by atoms with E-state index >= 15 is 0 Å². The Morgan fingerprint density at radius 3 is 2.67 bits per heavy atom. The summed E-state index contributed by atoms with van der Waals surface area (Å²) in [6, 6.07) is 0.452. The fourth-order valence-electron chi connectivity index (χ4n) is 1.46. The van der Waals surface area contributed by atoms with Crippen molar-refractivity contribution in [3.8, 4) is 0 Å². The van der Waals surface area contributed by atoms with Crippen molar-refractivity contribution in [1.29, 1.82) is 0 Å². The first-order valence-corrected chi connectivity index (χ1v) is 5.06. The number of rotatable bonds is 1. The van der Waals surface area contributed by atoms with Crippen LogP contribution < -0.4 is 5.32 Å². The predicted molar refractivity (Wildman–Crippen MR) is 56.2 cm³/mol. The highest BCUT2D eigenvalue weighted by molar-refractivity contribution is 7.80. The van der Waals surface area contributed by atoms with Crippen LogP contribution in [0.2, 0.25) is 0 Å². The third-order valence-electron chi connectivity index (χ3n) is 2.12. The lowest BCUT2D eigenvalue weighted by Gasteiger charge is -2.21. The van der Waals surface area contributed by atoms with Crippen molar-refractivity contribution in [2.24, 2.45) is 5.92 Å². The Morgan fingerprint density at radius 1 is 1.58 bits per heavy atom. The maximum absolute atomic E-state index is 5.26. The minimum absolute atomic E-state index is 0.452. The molecule has 1 heterocycles. The molecule has 0 aromatic heterocycles. The molecule has 1 unspecified atom stereocenters. The number of hydrogen-bond acceptors (Lipinski definition) is 1. The summed E-state index contributed by atoms with van der Waals surface area (Å²) in [6.45, 7) is 8.76. The summed E-state index contributed by atoms with van der Waals surface area (Å²) < 4.78 is 0. The third-order valence-corrected chi connectivity index (χ3v) is 2.50. The van der Waals surface area contributed by atoms with Gasteiger partial charge in [0.25, 0.3) is 0 Å². The van der Waals surface area contributed by atoms with Crippen molar-refractivity contribution in [2.45, 2.75) is 33.2 Å². The molecule has 1 rings (SSSR count). The molecule has 1 saturated heterocycles. The zero-order valence-corrected chi connectivity index (χ0v) is 8.95. The van der Waals surface area contributed by atoms with E-state index in [1.807, 2.05) is 0 Å². The van der Waals surface area contributed by atoms with Crippen molar-refractivity contribution in [2.75, 3.05) is 13.1 Å². The van der Waals surface area contributed by atoms with Gasteiger partial charge in [0.15, 0.2) is 5.11 Å². The number of nitrogens with one attached hydrogen (secondary N) is 1. The summed E-state index contributed by atoms with van der Waals surface area (Å²) >= 11 is 5.26. The van der Waals surface area contributed by atoms with Crippen LogP contribution >= 0.6 is 12.2 Å². The van der Waals surface area contributed by atoms with Gasteiger partial charge in [-0.2, -0.15) is 0 Å². The zero-order chi connectivity index (χ0) is 9.14. The lowest BCUT2D eigenvalue weighted by atomic mass is 10.2. The molecule has 1 atom stereocenters. The van der Waals surface area contributed by atoms with Gasteiger partial charge in [0.2, 0.25) is 0 Å². The van der Waals surface area contributed by atoms with Gasteiger partial charge in [-0.1, -0.05) is 6.92 Å². The highest BCUT2D eigenvalue weighted by Crippen LogP contribution is 2.14. The van der Waals surface area contributed by atoms with Crippen LogP contribution in [-0.4, -0.2) is 29.1 Å². The van der Waals surface area contributed by atoms with Crippen LogP contribution in [0.5, 0.6) is 0 Å². The van der Waals surface area contributed by atoms with Crippen LogP contribution in [0.4, 0.5) is 0 Å². The minimum Gasteiger partial charge on any atom is -0.360 e. The molecule has 0 saturated carbocycles. The molecule has 0 amide bonds. The molecule has 3 heteroatoms. The quantitative estimate of drug-likeness (QED) is 0.626. The lowest BCUT2D eigenvalue weighted by Crippen LogP contribution is -2.41. The lowest BCUT2D eigenvalue weighted by molar-refractivity contribution is 0.476. The topological polar surface area (TPSA) is 15.3 Å². The molecule has 0 radical (unpaired) electrons. The smallest absolute Gasteiger partial charge is 0.169 e. The van der Waals surface area contributed by atoms with Crippen molar-refractivity contribution >= 4 is 17.3 Å². The van der Waals surface area contributed by atoms with E-state index < -0.39 is 0 Å². The van der Waals surface area contributed by atoms with E-state index in [-0.39, 0.29) is 0 Å². The first-order chi connectivity index (χ1) is 5.59. The van der Waals surface area contributed by atoms with Crippen LogP contribution in [0.15, 0.2) is 0 Å². The molecule has 0 aromatic carbocycles. The number of thiocarbonyl (C=S) groups is 1. The van der Waals surface area contributed by atoms with Gasteiger partial charge in [-0.15, -0.1) is 0 Å². The molecule has 0 spiro atoms. The molecular weight excluding hydrogens is 168 g/mol. The molecule has 70 valence electrons. The maximum atomic E-state index is 5.26. The average Bonchev–Trinajstić information content (AvgIpc) is 2.34. The van der Waals surface area contributed by atoms with Gasteiger partial charge in [-0.05, 0) is 38.4 Å². The fourth-order valence-corrected chi connectivity index (χ4v) is 1.86. The number of likely N-dealkylation sites (tertiary alicyclic amines) is 1. The second-order valence-corrected chi connectivity index (χ2v) is 4.33. The second-order valence-electron chi connectivity index (χ2n) is 3.94. The predicted octanol–water partition coefficient (Wildman–Crippen LogP) is 1.61. The Bertz CT molecular complexity index is 168. The molecule has 1 fully saturated rings. The van der Waals surface area contributed by atoms with Crippen LogP contribution in [-0.2, 0) is 0 Å². The van der Waals surface area contributed by atoms with Gasteiger partial charge in [0.05, 0.1) is 0 Å². The summed E-state index contributed by atoms with van der Waals surface area (Å²) in [6.07, 6.45) is 1.28. The standard InChI is InChI=1S/C9H18N2S/c1-7(2)10-9(12)11-5-4-8(3)6-11/h7-8H,4-6H2,1-3H3,(H,10,12). The summed E-state index contributed by atoms with van der Waals surface area (Å²) in [5.41, 5.74) is 0. The molecule has 1 N–H and O–H groups in total. The normalized spacial score (nSPS) is 23.3. The van der Waals surface area contributed by atoms with Gasteiger partial charge < -0.3 is 10.2 Å². The molecule has 12 heavy (non-hydrogen) atoms. The Hall–Kier alpha value is -0.310. The van der Waals surface area contributed by atoms with Gasteiger partial charge >= 0.3 is 0 Å². The van der Waals surface area contributed by atoms with Crippen molar-refractivity contribution in [3.05, 3.63) is 0 Å². The molecule has 0 bridgehead atoms. The summed E-state index contributed by atoms with van der Waals surface area (Å²) in [4.78, 5) is 2.26. The van der Waals surface area contributed by atoms with Gasteiger partial charge in [-0.25, -0.2) is 0 Å². The highest BCUT2D eigenvalue weighted by Gasteiger charge is 2.20. The Balaban J connectivity index is 2.33. The van der Waals surface area contributed by atoms with E-state index in [1.54, 1.807) is 0 Å². The number of nitrogens with zero attached hydrogens (tertiary/aromatic N) is 1. The van der Waals surface area contributed by atoms with E-state index in [0.29, 0.717) is 6.04 Å². The first-order valence-electron chi connectivity index (χ1n) is 4.65. The van der Waals surface area contributed by atoms with Gasteiger partial charge in [-0.3, -0.25) is 0 Å². The Kier molecular flexibility index (Phi) is 3.32. The van der Waals surface area contributed by atoms with E-state index in [1.165, 1.54) is 6.42 Å². The van der Waals surface area contributed by atoms with Crippen LogP contribution in [0.3, 0.4) is 0 Å². The van der Waals surface area contributed by atoms with Crippen LogP contribution in [0.25, 0.3) is 0 Å². The van der Waals surface area contributed by atoms with Crippen molar-refractivity contribution < 1.29 is 0 Å². The molecule has 0 aromatic rings. The van der Waals surface area contributed by atoms with Crippen LogP contribution in [0, 0.1) is 5.92 Å². The Morgan fingerprint density at radius 2 is 2.25 bits per heavy atom. The average molecular weight is 186 g/mol.